The van der Waals surface area contributed by atoms with Crippen molar-refractivity contribution in [3.8, 4) is 11.8 Å². The topological polar surface area (TPSA) is 59.3 Å². The van der Waals surface area contributed by atoms with Crippen molar-refractivity contribution in [1.29, 1.82) is 5.26 Å². The number of carbonyl (C=O) groups is 1. The molecular formula is C25H33F2NO3. The summed E-state index contributed by atoms with van der Waals surface area (Å²) in [5.41, 5.74) is -0.404. The van der Waals surface area contributed by atoms with E-state index >= 15 is 0 Å². The van der Waals surface area contributed by atoms with Crippen LogP contribution in [-0.4, -0.2) is 18.7 Å². The molecule has 0 heterocycles. The lowest BCUT2D eigenvalue weighted by Crippen LogP contribution is -2.31. The molecule has 2 aliphatic rings. The Kier molecular flexibility index (Phi) is 8.83. The smallest absolute Gasteiger partial charge is 0.314 e. The van der Waals surface area contributed by atoms with Crippen LogP contribution in [0.15, 0.2) is 12.1 Å². The zero-order valence-corrected chi connectivity index (χ0v) is 18.4. The minimum Gasteiger partial charge on any atom is -0.423 e. The molecule has 0 unspecified atom stereocenters. The third-order valence-corrected chi connectivity index (χ3v) is 6.97. The predicted octanol–water partition coefficient (Wildman–Crippen LogP) is 6.31. The molecule has 0 atom stereocenters. The Bertz CT molecular complexity index is 776. The number of halogens is 2. The number of nitriles is 1. The summed E-state index contributed by atoms with van der Waals surface area (Å²) in [6.07, 6.45) is 12.0. The van der Waals surface area contributed by atoms with Gasteiger partial charge in [0.1, 0.15) is 6.07 Å². The van der Waals surface area contributed by atoms with Crippen molar-refractivity contribution in [2.75, 3.05) is 6.61 Å². The van der Waals surface area contributed by atoms with Crippen molar-refractivity contribution in [3.63, 3.8) is 0 Å². The SMILES string of the molecule is CCCCCOC1CCC(C2CCC(C(=O)Oc3ccc(C#N)c(F)c3F)CC2)CC1. The normalized spacial score (nSPS) is 26.3. The first-order chi connectivity index (χ1) is 15.0. The van der Waals surface area contributed by atoms with Gasteiger partial charge in [-0.15, -0.1) is 0 Å². The van der Waals surface area contributed by atoms with Crippen molar-refractivity contribution in [2.45, 2.75) is 83.7 Å². The number of benzene rings is 1. The quantitative estimate of drug-likeness (QED) is 0.274. The lowest BCUT2D eigenvalue weighted by atomic mass is 9.70. The van der Waals surface area contributed by atoms with Crippen molar-refractivity contribution in [2.24, 2.45) is 17.8 Å². The van der Waals surface area contributed by atoms with Gasteiger partial charge in [0.25, 0.3) is 0 Å². The molecule has 31 heavy (non-hydrogen) atoms. The van der Waals surface area contributed by atoms with Crippen LogP contribution in [0, 0.1) is 40.7 Å². The average molecular weight is 434 g/mol. The predicted molar refractivity (Wildman–Crippen MR) is 113 cm³/mol. The lowest BCUT2D eigenvalue weighted by molar-refractivity contribution is -0.140. The highest BCUT2D eigenvalue weighted by atomic mass is 19.2. The third-order valence-electron chi connectivity index (χ3n) is 6.97. The van der Waals surface area contributed by atoms with Crippen LogP contribution in [0.5, 0.6) is 5.75 Å². The third kappa shape index (κ3) is 6.26. The van der Waals surface area contributed by atoms with E-state index in [1.165, 1.54) is 25.7 Å². The van der Waals surface area contributed by atoms with Crippen LogP contribution in [0.1, 0.15) is 83.1 Å². The number of carbonyl (C=O) groups excluding carboxylic acids is 1. The van der Waals surface area contributed by atoms with E-state index in [0.29, 0.717) is 17.9 Å². The summed E-state index contributed by atoms with van der Waals surface area (Å²) >= 11 is 0. The van der Waals surface area contributed by atoms with Crippen LogP contribution < -0.4 is 4.74 Å². The first kappa shape index (κ1) is 23.7. The molecule has 0 bridgehead atoms. The Morgan fingerprint density at radius 2 is 1.65 bits per heavy atom. The highest BCUT2D eigenvalue weighted by Gasteiger charge is 2.34. The van der Waals surface area contributed by atoms with Gasteiger partial charge in [0.15, 0.2) is 11.6 Å². The zero-order valence-electron chi connectivity index (χ0n) is 18.4. The van der Waals surface area contributed by atoms with E-state index in [-0.39, 0.29) is 5.92 Å². The minimum absolute atomic E-state index is 0.285. The maximum absolute atomic E-state index is 14.0. The first-order valence-corrected chi connectivity index (χ1v) is 11.7. The molecule has 0 radical (unpaired) electrons. The first-order valence-electron chi connectivity index (χ1n) is 11.7. The van der Waals surface area contributed by atoms with E-state index in [1.54, 1.807) is 6.07 Å². The zero-order chi connectivity index (χ0) is 22.2. The molecule has 2 aliphatic carbocycles. The van der Waals surface area contributed by atoms with Gasteiger partial charge >= 0.3 is 5.97 Å². The number of esters is 1. The largest absolute Gasteiger partial charge is 0.423 e. The van der Waals surface area contributed by atoms with Gasteiger partial charge in [-0.25, -0.2) is 4.39 Å². The molecule has 1 aromatic rings. The van der Waals surface area contributed by atoms with Gasteiger partial charge in [0.2, 0.25) is 5.82 Å². The second-order valence-electron chi connectivity index (χ2n) is 9.00. The number of ether oxygens (including phenoxy) is 2. The highest BCUT2D eigenvalue weighted by molar-refractivity contribution is 5.75. The van der Waals surface area contributed by atoms with E-state index < -0.39 is 28.9 Å². The molecule has 3 rings (SSSR count). The van der Waals surface area contributed by atoms with Crippen molar-refractivity contribution in [1.82, 2.24) is 0 Å². The van der Waals surface area contributed by atoms with Crippen LogP contribution in [-0.2, 0) is 9.53 Å². The van der Waals surface area contributed by atoms with Gasteiger partial charge in [0.05, 0.1) is 17.6 Å². The average Bonchev–Trinajstić information content (AvgIpc) is 2.80. The van der Waals surface area contributed by atoms with Gasteiger partial charge in [0, 0.05) is 6.61 Å². The van der Waals surface area contributed by atoms with E-state index in [4.69, 9.17) is 14.7 Å². The van der Waals surface area contributed by atoms with E-state index in [1.807, 2.05) is 0 Å². The molecule has 0 saturated heterocycles. The Labute approximate surface area is 183 Å². The van der Waals surface area contributed by atoms with Crippen molar-refractivity contribution >= 4 is 5.97 Å². The monoisotopic (exact) mass is 433 g/mol. The molecule has 0 aliphatic heterocycles. The summed E-state index contributed by atoms with van der Waals surface area (Å²) in [7, 11) is 0. The van der Waals surface area contributed by atoms with E-state index in [9.17, 15) is 13.6 Å². The van der Waals surface area contributed by atoms with Gasteiger partial charge < -0.3 is 9.47 Å². The fourth-order valence-corrected chi connectivity index (χ4v) is 5.04. The summed E-state index contributed by atoms with van der Waals surface area (Å²) in [5.74, 6) is -2.48. The highest BCUT2D eigenvalue weighted by Crippen LogP contribution is 2.41. The molecule has 2 saturated carbocycles. The summed E-state index contributed by atoms with van der Waals surface area (Å²) in [5, 5.41) is 8.75. The van der Waals surface area contributed by atoms with E-state index in [2.05, 4.69) is 6.92 Å². The van der Waals surface area contributed by atoms with Crippen LogP contribution in [0.25, 0.3) is 0 Å². The van der Waals surface area contributed by atoms with Crippen molar-refractivity contribution in [3.05, 3.63) is 29.3 Å². The second kappa shape index (κ2) is 11.6. The van der Waals surface area contributed by atoms with Gasteiger partial charge in [-0.05, 0) is 81.8 Å². The van der Waals surface area contributed by atoms with Crippen LogP contribution in [0.3, 0.4) is 0 Å². The lowest BCUT2D eigenvalue weighted by Gasteiger charge is -2.37. The van der Waals surface area contributed by atoms with Gasteiger partial charge in [-0.1, -0.05) is 19.8 Å². The number of unbranched alkanes of at least 4 members (excludes halogenated alkanes) is 2. The Morgan fingerprint density at radius 1 is 1.00 bits per heavy atom. The van der Waals surface area contributed by atoms with Gasteiger partial charge in [-0.2, -0.15) is 9.65 Å². The molecule has 0 N–H and O–H groups in total. The second-order valence-corrected chi connectivity index (χ2v) is 9.00. The number of hydrogen-bond acceptors (Lipinski definition) is 4. The number of hydrogen-bond donors (Lipinski definition) is 0. The molecule has 0 spiro atoms. The summed E-state index contributed by atoms with van der Waals surface area (Å²) < 4.78 is 38.9. The van der Waals surface area contributed by atoms with Gasteiger partial charge in [-0.3, -0.25) is 4.79 Å². The molecule has 1 aromatic carbocycles. The van der Waals surface area contributed by atoms with Crippen LogP contribution in [0.2, 0.25) is 0 Å². The molecule has 4 nitrogen and oxygen atoms in total. The fourth-order valence-electron chi connectivity index (χ4n) is 5.04. The maximum atomic E-state index is 14.0. The summed E-state index contributed by atoms with van der Waals surface area (Å²) in [6, 6.07) is 3.84. The van der Waals surface area contributed by atoms with Crippen LogP contribution in [0.4, 0.5) is 8.78 Å². The van der Waals surface area contributed by atoms with E-state index in [0.717, 1.165) is 63.7 Å². The molecule has 2 fully saturated rings. The van der Waals surface area contributed by atoms with Crippen molar-refractivity contribution < 1.29 is 23.0 Å². The Hall–Kier alpha value is -2.00. The Morgan fingerprint density at radius 3 is 2.26 bits per heavy atom. The van der Waals surface area contributed by atoms with Crippen LogP contribution >= 0.6 is 0 Å². The molecule has 0 aromatic heterocycles. The molecule has 0 amide bonds. The summed E-state index contributed by atoms with van der Waals surface area (Å²) in [6.45, 7) is 3.07. The minimum atomic E-state index is -1.28. The molecule has 170 valence electrons. The maximum Gasteiger partial charge on any atom is 0.314 e. The number of nitrogens with zero attached hydrogens (tertiary/aromatic N) is 1. The Balaban J connectivity index is 1.41. The number of rotatable bonds is 8. The summed E-state index contributed by atoms with van der Waals surface area (Å²) in [4.78, 5) is 12.5. The molecule has 6 heteroatoms. The standard InChI is InChI=1S/C25H33F2NO3/c1-2-3-4-15-30-21-12-9-18(10-13-21)17-5-7-19(8-6-17)25(29)31-22-14-11-20(16-28)23(26)24(22)27/h11,14,17-19,21H,2-10,12-13,15H2,1H3. The fraction of sp³-hybridized carbons (Fsp3) is 0.680. The molecular weight excluding hydrogens is 400 g/mol.